The molecule has 1 amide bonds. The van der Waals surface area contributed by atoms with Crippen molar-refractivity contribution in [3.05, 3.63) is 0 Å². The normalized spacial score (nSPS) is 18.6. The van der Waals surface area contributed by atoms with Crippen LogP contribution in [0.1, 0.15) is 40.5 Å². The molecule has 0 bridgehead atoms. The van der Waals surface area contributed by atoms with Gasteiger partial charge < -0.3 is 5.11 Å². The van der Waals surface area contributed by atoms with Crippen LogP contribution >= 0.6 is 0 Å². The standard InChI is InChI=1S/C12H24N2O2/c1-6-8(3)10(12(16)13-5)14-11(15)9(4)7-2/h8-11,14-15H,5-7H2,1-4H3. The number of hydrogen-bond acceptors (Lipinski definition) is 3. The molecule has 0 aliphatic carbocycles. The minimum absolute atomic E-state index is 0.115. The fourth-order valence-corrected chi connectivity index (χ4v) is 1.38. The maximum atomic E-state index is 11.6. The molecule has 0 saturated heterocycles. The van der Waals surface area contributed by atoms with E-state index in [0.29, 0.717) is 0 Å². The monoisotopic (exact) mass is 228 g/mol. The van der Waals surface area contributed by atoms with Gasteiger partial charge in [0, 0.05) is 0 Å². The van der Waals surface area contributed by atoms with E-state index < -0.39 is 12.3 Å². The van der Waals surface area contributed by atoms with E-state index in [2.05, 4.69) is 17.0 Å². The fraction of sp³-hybridized carbons (Fsp3) is 0.833. The average molecular weight is 228 g/mol. The summed E-state index contributed by atoms with van der Waals surface area (Å²) < 4.78 is 0. The number of nitrogens with one attached hydrogen (secondary N) is 1. The highest BCUT2D eigenvalue weighted by molar-refractivity contribution is 5.85. The highest BCUT2D eigenvalue weighted by Gasteiger charge is 2.26. The van der Waals surface area contributed by atoms with Gasteiger partial charge in [-0.1, -0.05) is 34.1 Å². The third-order valence-corrected chi connectivity index (χ3v) is 3.17. The highest BCUT2D eigenvalue weighted by atomic mass is 16.3. The Kier molecular flexibility index (Phi) is 7.17. The molecule has 0 rings (SSSR count). The summed E-state index contributed by atoms with van der Waals surface area (Å²) in [7, 11) is 0. The van der Waals surface area contributed by atoms with Crippen molar-refractivity contribution < 1.29 is 9.90 Å². The molecule has 0 aromatic rings. The third-order valence-electron chi connectivity index (χ3n) is 3.17. The number of aliphatic hydroxyl groups excluding tert-OH is 1. The van der Waals surface area contributed by atoms with Crippen molar-refractivity contribution in [1.29, 1.82) is 0 Å². The van der Waals surface area contributed by atoms with E-state index >= 15 is 0 Å². The van der Waals surface area contributed by atoms with Gasteiger partial charge >= 0.3 is 0 Å². The summed E-state index contributed by atoms with van der Waals surface area (Å²) in [5.41, 5.74) is 0. The van der Waals surface area contributed by atoms with Crippen LogP contribution in [0, 0.1) is 11.8 Å². The molecule has 0 aromatic carbocycles. The molecule has 94 valence electrons. The van der Waals surface area contributed by atoms with Crippen molar-refractivity contribution in [2.24, 2.45) is 16.8 Å². The molecule has 0 radical (unpaired) electrons. The summed E-state index contributed by atoms with van der Waals surface area (Å²) in [6.07, 6.45) is 1.04. The second-order valence-electron chi connectivity index (χ2n) is 4.36. The summed E-state index contributed by atoms with van der Waals surface area (Å²) in [5.74, 6) is -0.0439. The van der Waals surface area contributed by atoms with Gasteiger partial charge in [-0.05, 0) is 25.0 Å². The van der Waals surface area contributed by atoms with Gasteiger partial charge in [-0.3, -0.25) is 10.1 Å². The molecule has 2 N–H and O–H groups in total. The predicted octanol–water partition coefficient (Wildman–Crippen LogP) is 1.58. The Morgan fingerprint density at radius 3 is 2.19 bits per heavy atom. The first-order valence-corrected chi connectivity index (χ1v) is 5.92. The number of carbonyl (C=O) groups excluding carboxylic acids is 1. The molecule has 0 aromatic heterocycles. The van der Waals surface area contributed by atoms with Crippen LogP contribution in [0.15, 0.2) is 4.99 Å². The number of hydrogen-bond donors (Lipinski definition) is 2. The van der Waals surface area contributed by atoms with Crippen LogP contribution in [0.2, 0.25) is 0 Å². The van der Waals surface area contributed by atoms with Crippen LogP contribution in [0.5, 0.6) is 0 Å². The maximum absolute atomic E-state index is 11.6. The van der Waals surface area contributed by atoms with E-state index in [1.807, 2.05) is 27.7 Å². The number of amides is 1. The van der Waals surface area contributed by atoms with Crippen molar-refractivity contribution in [2.45, 2.75) is 52.8 Å². The lowest BCUT2D eigenvalue weighted by molar-refractivity contribution is -0.122. The number of nitrogens with zero attached hydrogens (tertiary/aromatic N) is 1. The van der Waals surface area contributed by atoms with Gasteiger partial charge in [0.05, 0.1) is 6.04 Å². The predicted molar refractivity (Wildman–Crippen MR) is 66.4 cm³/mol. The summed E-state index contributed by atoms with van der Waals surface area (Å²) in [5, 5.41) is 12.8. The van der Waals surface area contributed by atoms with E-state index in [0.717, 1.165) is 12.8 Å². The van der Waals surface area contributed by atoms with Crippen LogP contribution in [0.25, 0.3) is 0 Å². The topological polar surface area (TPSA) is 61.7 Å². The van der Waals surface area contributed by atoms with Crippen LogP contribution in [-0.2, 0) is 4.79 Å². The van der Waals surface area contributed by atoms with Gasteiger partial charge in [-0.25, -0.2) is 4.99 Å². The molecule has 4 atom stereocenters. The molecular formula is C12H24N2O2. The first kappa shape index (κ1) is 15.3. The Labute approximate surface area is 98.2 Å². The molecule has 4 nitrogen and oxygen atoms in total. The van der Waals surface area contributed by atoms with Crippen LogP contribution in [-0.4, -0.2) is 30.0 Å². The number of carbonyl (C=O) groups is 1. The first-order valence-electron chi connectivity index (χ1n) is 5.92. The Bertz CT molecular complexity index is 231. The lowest BCUT2D eigenvalue weighted by atomic mass is 9.97. The summed E-state index contributed by atoms with van der Waals surface area (Å²) in [6.45, 7) is 11.2. The fourth-order valence-electron chi connectivity index (χ4n) is 1.38. The zero-order valence-electron chi connectivity index (χ0n) is 10.7. The molecule has 4 heteroatoms. The van der Waals surface area contributed by atoms with E-state index in [1.165, 1.54) is 0 Å². The second kappa shape index (κ2) is 7.52. The van der Waals surface area contributed by atoms with Crippen molar-refractivity contribution in [1.82, 2.24) is 5.32 Å². The third kappa shape index (κ3) is 4.41. The molecule has 0 aliphatic heterocycles. The number of aliphatic hydroxyl groups is 1. The number of aliphatic imine (C=N–C) groups is 1. The highest BCUT2D eigenvalue weighted by Crippen LogP contribution is 2.13. The van der Waals surface area contributed by atoms with Crippen LogP contribution in [0.4, 0.5) is 0 Å². The summed E-state index contributed by atoms with van der Waals surface area (Å²) >= 11 is 0. The largest absolute Gasteiger partial charge is 0.378 e. The molecule has 0 fully saturated rings. The summed E-state index contributed by atoms with van der Waals surface area (Å²) in [6, 6.07) is -0.438. The van der Waals surface area contributed by atoms with Gasteiger partial charge in [-0.2, -0.15) is 0 Å². The van der Waals surface area contributed by atoms with E-state index in [9.17, 15) is 9.90 Å². The van der Waals surface area contributed by atoms with Gasteiger partial charge in [0.15, 0.2) is 0 Å². The minimum atomic E-state index is -0.672. The molecule has 0 heterocycles. The second-order valence-corrected chi connectivity index (χ2v) is 4.36. The minimum Gasteiger partial charge on any atom is -0.378 e. The Morgan fingerprint density at radius 2 is 1.81 bits per heavy atom. The Balaban J connectivity index is 4.54. The molecule has 0 spiro atoms. The van der Waals surface area contributed by atoms with Crippen LogP contribution in [0.3, 0.4) is 0 Å². The molecule has 0 aliphatic rings. The van der Waals surface area contributed by atoms with Crippen molar-refractivity contribution in [2.75, 3.05) is 0 Å². The van der Waals surface area contributed by atoms with Crippen LogP contribution < -0.4 is 5.32 Å². The quantitative estimate of drug-likeness (QED) is 0.514. The molecule has 16 heavy (non-hydrogen) atoms. The van der Waals surface area contributed by atoms with E-state index in [-0.39, 0.29) is 17.7 Å². The molecule has 4 unspecified atom stereocenters. The smallest absolute Gasteiger partial charge is 0.262 e. The molecular weight excluding hydrogens is 204 g/mol. The van der Waals surface area contributed by atoms with E-state index in [1.54, 1.807) is 0 Å². The van der Waals surface area contributed by atoms with Gasteiger partial charge in [-0.15, -0.1) is 0 Å². The van der Waals surface area contributed by atoms with Gasteiger partial charge in [0.1, 0.15) is 6.23 Å². The Hall–Kier alpha value is -0.740. The van der Waals surface area contributed by atoms with Gasteiger partial charge in [0.25, 0.3) is 5.91 Å². The Morgan fingerprint density at radius 1 is 1.31 bits per heavy atom. The lowest BCUT2D eigenvalue weighted by Gasteiger charge is -2.27. The zero-order chi connectivity index (χ0) is 12.7. The van der Waals surface area contributed by atoms with E-state index in [4.69, 9.17) is 0 Å². The maximum Gasteiger partial charge on any atom is 0.262 e. The summed E-state index contributed by atoms with van der Waals surface area (Å²) in [4.78, 5) is 15.0. The number of rotatable bonds is 7. The average Bonchev–Trinajstić information content (AvgIpc) is 2.32. The van der Waals surface area contributed by atoms with Crippen molar-refractivity contribution >= 4 is 12.6 Å². The SMILES string of the molecule is C=NC(=O)C(NC(O)C(C)CC)C(C)CC. The van der Waals surface area contributed by atoms with Crippen molar-refractivity contribution in [3.8, 4) is 0 Å². The molecule has 0 saturated carbocycles. The lowest BCUT2D eigenvalue weighted by Crippen LogP contribution is -2.48. The van der Waals surface area contributed by atoms with Gasteiger partial charge in [0.2, 0.25) is 0 Å². The zero-order valence-corrected chi connectivity index (χ0v) is 10.7. The first-order chi connectivity index (χ1) is 7.47. The van der Waals surface area contributed by atoms with Crippen molar-refractivity contribution in [3.63, 3.8) is 0 Å².